The number of aromatic nitrogens is 5. The summed E-state index contributed by atoms with van der Waals surface area (Å²) in [4.78, 5) is 0. The van der Waals surface area contributed by atoms with E-state index in [2.05, 4.69) is 32.4 Å². The summed E-state index contributed by atoms with van der Waals surface area (Å²) in [5.41, 5.74) is 1.98. The summed E-state index contributed by atoms with van der Waals surface area (Å²) in [7, 11) is 0. The Morgan fingerprint density at radius 3 is 2.85 bits per heavy atom. The van der Waals surface area contributed by atoms with Crippen molar-refractivity contribution in [3.63, 3.8) is 0 Å². The molecule has 1 aliphatic rings. The molecule has 6 heteroatoms. The van der Waals surface area contributed by atoms with Crippen molar-refractivity contribution in [2.75, 3.05) is 5.88 Å². The summed E-state index contributed by atoms with van der Waals surface area (Å²) >= 11 is 5.70. The maximum Gasteiger partial charge on any atom is 0.0867 e. The third-order valence-corrected chi connectivity index (χ3v) is 4.06. The molecule has 0 spiro atoms. The zero-order valence-electron chi connectivity index (χ0n) is 11.6. The first-order valence-electron chi connectivity index (χ1n) is 7.34. The minimum atomic E-state index is 0.578. The zero-order valence-corrected chi connectivity index (χ0v) is 12.3. The van der Waals surface area contributed by atoms with E-state index in [-0.39, 0.29) is 0 Å². The van der Waals surface area contributed by atoms with E-state index < -0.39 is 0 Å². The van der Waals surface area contributed by atoms with Gasteiger partial charge >= 0.3 is 0 Å². The smallest absolute Gasteiger partial charge is 0.0867 e. The highest BCUT2D eigenvalue weighted by Gasteiger charge is 2.16. The second kappa shape index (κ2) is 6.39. The molecule has 1 aliphatic carbocycles. The number of alkyl halides is 1. The van der Waals surface area contributed by atoms with Gasteiger partial charge in [-0.15, -0.1) is 16.7 Å². The Morgan fingerprint density at radius 2 is 2.05 bits per heavy atom. The molecule has 2 aromatic heterocycles. The first-order chi connectivity index (χ1) is 9.85. The van der Waals surface area contributed by atoms with E-state index in [1.165, 1.54) is 32.1 Å². The summed E-state index contributed by atoms with van der Waals surface area (Å²) in [6.07, 6.45) is 11.3. The lowest BCUT2D eigenvalue weighted by Crippen LogP contribution is -2.13. The van der Waals surface area contributed by atoms with Crippen LogP contribution in [0, 0.1) is 0 Å². The summed E-state index contributed by atoms with van der Waals surface area (Å²) in [5.74, 6) is 0.578. The fourth-order valence-electron chi connectivity index (χ4n) is 2.80. The first kappa shape index (κ1) is 13.6. The molecule has 0 radical (unpaired) electrons. The molecular weight excluding hydrogens is 274 g/mol. The molecule has 0 N–H and O–H groups in total. The summed E-state index contributed by atoms with van der Waals surface area (Å²) < 4.78 is 3.96. The molecule has 0 aliphatic heterocycles. The Balaban J connectivity index is 1.63. The van der Waals surface area contributed by atoms with E-state index in [1.807, 2.05) is 10.9 Å². The lowest BCUT2D eigenvalue weighted by Gasteiger charge is -2.21. The van der Waals surface area contributed by atoms with Gasteiger partial charge in [0.05, 0.1) is 24.0 Å². The minimum Gasteiger partial charge on any atom is -0.269 e. The van der Waals surface area contributed by atoms with E-state index in [0.29, 0.717) is 18.5 Å². The van der Waals surface area contributed by atoms with Crippen molar-refractivity contribution in [2.24, 2.45) is 0 Å². The van der Waals surface area contributed by atoms with Crippen LogP contribution in [0.25, 0.3) is 0 Å². The summed E-state index contributed by atoms with van der Waals surface area (Å²) in [6, 6.07) is 2.66. The quantitative estimate of drug-likeness (QED) is 0.797. The van der Waals surface area contributed by atoms with Crippen LogP contribution in [0.1, 0.15) is 49.5 Å². The maximum atomic E-state index is 5.70. The largest absolute Gasteiger partial charge is 0.269 e. The lowest BCUT2D eigenvalue weighted by molar-refractivity contribution is 0.327. The Labute approximate surface area is 123 Å². The fourth-order valence-corrected chi connectivity index (χ4v) is 3.00. The number of hydrogen-bond donors (Lipinski definition) is 0. The van der Waals surface area contributed by atoms with Gasteiger partial charge in [0.2, 0.25) is 0 Å². The van der Waals surface area contributed by atoms with Crippen molar-refractivity contribution >= 4 is 11.6 Å². The average molecular weight is 294 g/mol. The number of nitrogens with zero attached hydrogens (tertiary/aromatic N) is 5. The number of halogens is 1. The van der Waals surface area contributed by atoms with Gasteiger partial charge in [-0.25, -0.2) is 4.68 Å². The van der Waals surface area contributed by atoms with Gasteiger partial charge in [0.1, 0.15) is 0 Å². The first-order valence-corrected chi connectivity index (χ1v) is 7.87. The second-order valence-corrected chi connectivity index (χ2v) is 5.80. The number of rotatable bonds is 5. The number of aryl methyl sites for hydroxylation is 1. The Hall–Kier alpha value is -1.36. The van der Waals surface area contributed by atoms with Crippen LogP contribution in [-0.2, 0) is 13.0 Å². The highest BCUT2D eigenvalue weighted by molar-refractivity contribution is 6.17. The molecular formula is C14H20ClN5. The molecule has 2 aromatic rings. The summed E-state index contributed by atoms with van der Waals surface area (Å²) in [5, 5.41) is 12.9. The Morgan fingerprint density at radius 1 is 1.20 bits per heavy atom. The van der Waals surface area contributed by atoms with Gasteiger partial charge in [0, 0.05) is 24.7 Å². The average Bonchev–Trinajstić information content (AvgIpc) is 3.11. The van der Waals surface area contributed by atoms with Crippen molar-refractivity contribution in [1.82, 2.24) is 24.8 Å². The molecule has 0 atom stereocenters. The van der Waals surface area contributed by atoms with Gasteiger partial charge in [-0.3, -0.25) is 4.68 Å². The van der Waals surface area contributed by atoms with Crippen molar-refractivity contribution < 1.29 is 0 Å². The third kappa shape index (κ3) is 3.20. The van der Waals surface area contributed by atoms with Crippen molar-refractivity contribution in [1.29, 1.82) is 0 Å². The molecule has 0 aromatic carbocycles. The number of hydrogen-bond acceptors (Lipinski definition) is 3. The monoisotopic (exact) mass is 293 g/mol. The molecule has 5 nitrogen and oxygen atoms in total. The van der Waals surface area contributed by atoms with Crippen LogP contribution in [-0.4, -0.2) is 30.7 Å². The molecule has 0 amide bonds. The molecule has 0 saturated heterocycles. The van der Waals surface area contributed by atoms with Crippen LogP contribution < -0.4 is 0 Å². The van der Waals surface area contributed by atoms with Gasteiger partial charge in [-0.05, 0) is 18.9 Å². The zero-order chi connectivity index (χ0) is 13.8. The van der Waals surface area contributed by atoms with Crippen molar-refractivity contribution in [3.05, 3.63) is 29.8 Å². The maximum absolute atomic E-state index is 5.70. The van der Waals surface area contributed by atoms with Crippen LogP contribution in [0.4, 0.5) is 0 Å². The molecule has 0 bridgehead atoms. The van der Waals surface area contributed by atoms with Crippen molar-refractivity contribution in [2.45, 2.75) is 51.1 Å². The van der Waals surface area contributed by atoms with E-state index in [0.717, 1.165) is 17.8 Å². The van der Waals surface area contributed by atoms with Gasteiger partial charge in [-0.1, -0.05) is 24.5 Å². The third-order valence-electron chi connectivity index (χ3n) is 3.87. The second-order valence-electron chi connectivity index (χ2n) is 5.43. The predicted molar refractivity (Wildman–Crippen MR) is 77.9 cm³/mol. The molecule has 2 heterocycles. The molecule has 1 saturated carbocycles. The van der Waals surface area contributed by atoms with E-state index in [9.17, 15) is 0 Å². The van der Waals surface area contributed by atoms with E-state index >= 15 is 0 Å². The molecule has 1 fully saturated rings. The Bertz CT molecular complexity index is 541. The lowest BCUT2D eigenvalue weighted by atomic mass is 9.96. The van der Waals surface area contributed by atoms with E-state index in [1.54, 1.807) is 0 Å². The van der Waals surface area contributed by atoms with E-state index in [4.69, 9.17) is 11.6 Å². The normalized spacial score (nSPS) is 16.6. The van der Waals surface area contributed by atoms with Crippen LogP contribution in [0.3, 0.4) is 0 Å². The van der Waals surface area contributed by atoms with Gasteiger partial charge in [0.15, 0.2) is 0 Å². The minimum absolute atomic E-state index is 0.578. The SMILES string of the molecule is ClCCc1cn(Cc2ccn(C3CCCCC3)n2)nn1. The van der Waals surface area contributed by atoms with Gasteiger partial charge < -0.3 is 0 Å². The van der Waals surface area contributed by atoms with Crippen LogP contribution in [0.15, 0.2) is 18.5 Å². The molecule has 0 unspecified atom stereocenters. The molecule has 20 heavy (non-hydrogen) atoms. The standard InChI is InChI=1S/C14H20ClN5/c15-8-6-12-10-19(18-16-12)11-13-7-9-20(17-13)14-4-2-1-3-5-14/h7,9-10,14H,1-6,8,11H2. The Kier molecular flexibility index (Phi) is 4.35. The van der Waals surface area contributed by atoms with Crippen LogP contribution >= 0.6 is 11.6 Å². The molecule has 3 rings (SSSR count). The molecule has 108 valence electrons. The van der Waals surface area contributed by atoms with Gasteiger partial charge in [-0.2, -0.15) is 5.10 Å². The van der Waals surface area contributed by atoms with Crippen LogP contribution in [0.5, 0.6) is 0 Å². The van der Waals surface area contributed by atoms with Crippen LogP contribution in [0.2, 0.25) is 0 Å². The topological polar surface area (TPSA) is 48.5 Å². The predicted octanol–water partition coefficient (Wildman–Crippen LogP) is 2.81. The highest BCUT2D eigenvalue weighted by Crippen LogP contribution is 2.27. The highest BCUT2D eigenvalue weighted by atomic mass is 35.5. The van der Waals surface area contributed by atoms with Crippen molar-refractivity contribution in [3.8, 4) is 0 Å². The fraction of sp³-hybridized carbons (Fsp3) is 0.643. The summed E-state index contributed by atoms with van der Waals surface area (Å²) in [6.45, 7) is 0.676. The van der Waals surface area contributed by atoms with Gasteiger partial charge in [0.25, 0.3) is 0 Å².